The smallest absolute Gasteiger partial charge is 0.249 e. The van der Waals surface area contributed by atoms with E-state index in [1.807, 2.05) is 54.6 Å². The summed E-state index contributed by atoms with van der Waals surface area (Å²) in [6.07, 6.45) is 2.63. The van der Waals surface area contributed by atoms with Crippen LogP contribution in [-0.2, 0) is 0 Å². The molecule has 6 heteroatoms. The monoisotopic (exact) mass is 450 g/mol. The summed E-state index contributed by atoms with van der Waals surface area (Å²) in [5, 5.41) is 0. The lowest BCUT2D eigenvalue weighted by molar-refractivity contribution is 0.0848. The van der Waals surface area contributed by atoms with Gasteiger partial charge in [0.05, 0.1) is 12.0 Å². The van der Waals surface area contributed by atoms with E-state index >= 15 is 0 Å². The number of primary amides is 1. The first-order valence-electron chi connectivity index (χ1n) is 10.9. The molecule has 168 valence electrons. The fourth-order valence-corrected chi connectivity index (χ4v) is 4.17. The summed E-state index contributed by atoms with van der Waals surface area (Å²) in [6.45, 7) is 0. The number of nitrogens with two attached hydrogens (primary N) is 1. The Labute approximate surface area is 197 Å². The zero-order valence-corrected chi connectivity index (χ0v) is 18.3. The van der Waals surface area contributed by atoms with Gasteiger partial charge in [-0.15, -0.1) is 0 Å². The topological polar surface area (TPSA) is 91.5 Å². The molecule has 1 aliphatic heterocycles. The van der Waals surface area contributed by atoms with Crippen LogP contribution in [0.1, 0.15) is 56.0 Å². The van der Waals surface area contributed by atoms with Gasteiger partial charge in [-0.1, -0.05) is 48.5 Å². The molecule has 1 aliphatic rings. The minimum atomic E-state index is -0.617. The summed E-state index contributed by atoms with van der Waals surface area (Å²) in [5.74, 6) is 0.454. The van der Waals surface area contributed by atoms with Crippen molar-refractivity contribution in [1.29, 1.82) is 0 Å². The highest BCUT2D eigenvalue weighted by Gasteiger charge is 2.29. The van der Waals surface area contributed by atoms with E-state index in [0.29, 0.717) is 28.2 Å². The summed E-state index contributed by atoms with van der Waals surface area (Å²) in [5.41, 5.74) is 8.92. The molecule has 2 heterocycles. The first kappa shape index (κ1) is 21.4. The van der Waals surface area contributed by atoms with Gasteiger partial charge in [0.2, 0.25) is 5.91 Å². The molecule has 3 aromatic carbocycles. The number of benzene rings is 3. The first-order chi connectivity index (χ1) is 16.6. The van der Waals surface area contributed by atoms with Gasteiger partial charge in [-0.2, -0.15) is 0 Å². The van der Waals surface area contributed by atoms with Gasteiger partial charge in [0.15, 0.2) is 5.78 Å². The number of carbonyl (C=O) groups is 2. The number of amides is 1. The maximum atomic E-state index is 12.8. The van der Waals surface area contributed by atoms with E-state index in [1.54, 1.807) is 42.7 Å². The Kier molecular flexibility index (Phi) is 5.79. The van der Waals surface area contributed by atoms with Crippen LogP contribution in [0.25, 0.3) is 0 Å². The van der Waals surface area contributed by atoms with Crippen molar-refractivity contribution in [2.45, 2.75) is 18.6 Å². The Morgan fingerprint density at radius 2 is 1.71 bits per heavy atom. The van der Waals surface area contributed by atoms with E-state index in [2.05, 4.69) is 4.98 Å². The van der Waals surface area contributed by atoms with Crippen molar-refractivity contribution in [1.82, 2.24) is 4.98 Å². The Bertz CT molecular complexity index is 1340. The molecule has 2 N–H and O–H groups in total. The lowest BCUT2D eigenvalue weighted by Crippen LogP contribution is -2.21. The summed E-state index contributed by atoms with van der Waals surface area (Å²) in [4.78, 5) is 29.0. The molecular weight excluding hydrogens is 428 g/mol. The third kappa shape index (κ3) is 4.26. The van der Waals surface area contributed by atoms with Crippen LogP contribution in [0.15, 0.2) is 97.3 Å². The minimum Gasteiger partial charge on any atom is -0.484 e. The SMILES string of the molecule is NC(=O)c1ccccc1[C@@H](Oc1ccc2c(c1)O[C@@H](c1ccccc1)CC2=O)c1ccncc1. The van der Waals surface area contributed by atoms with E-state index < -0.39 is 12.0 Å². The molecular formula is C28H22N2O4. The number of rotatable bonds is 6. The van der Waals surface area contributed by atoms with Gasteiger partial charge in [0, 0.05) is 29.6 Å². The van der Waals surface area contributed by atoms with Crippen LogP contribution in [0.4, 0.5) is 0 Å². The number of fused-ring (bicyclic) bond motifs is 1. The second-order valence-electron chi connectivity index (χ2n) is 8.03. The van der Waals surface area contributed by atoms with Crippen LogP contribution in [0.5, 0.6) is 11.5 Å². The van der Waals surface area contributed by atoms with Crippen LogP contribution in [-0.4, -0.2) is 16.7 Å². The molecule has 0 bridgehead atoms. The van der Waals surface area contributed by atoms with Gasteiger partial charge in [-0.05, 0) is 41.5 Å². The quantitative estimate of drug-likeness (QED) is 0.444. The zero-order chi connectivity index (χ0) is 23.5. The molecule has 0 fully saturated rings. The van der Waals surface area contributed by atoms with E-state index in [-0.39, 0.29) is 18.3 Å². The molecule has 0 saturated carbocycles. The zero-order valence-electron chi connectivity index (χ0n) is 18.3. The van der Waals surface area contributed by atoms with Crippen molar-refractivity contribution in [2.75, 3.05) is 0 Å². The van der Waals surface area contributed by atoms with Crippen LogP contribution in [0.2, 0.25) is 0 Å². The molecule has 1 aromatic heterocycles. The molecule has 1 amide bonds. The number of Topliss-reactive ketones (excluding diaryl/α,β-unsaturated/α-hetero) is 1. The molecule has 0 radical (unpaired) electrons. The van der Waals surface area contributed by atoms with E-state index in [0.717, 1.165) is 11.1 Å². The Morgan fingerprint density at radius 1 is 0.971 bits per heavy atom. The van der Waals surface area contributed by atoms with E-state index in [9.17, 15) is 9.59 Å². The van der Waals surface area contributed by atoms with Crippen LogP contribution in [0, 0.1) is 0 Å². The molecule has 6 nitrogen and oxygen atoms in total. The van der Waals surface area contributed by atoms with Crippen molar-refractivity contribution < 1.29 is 19.1 Å². The number of hydrogen-bond donors (Lipinski definition) is 1. The van der Waals surface area contributed by atoms with Crippen LogP contribution in [0.3, 0.4) is 0 Å². The van der Waals surface area contributed by atoms with Gasteiger partial charge in [0.1, 0.15) is 23.7 Å². The highest BCUT2D eigenvalue weighted by Crippen LogP contribution is 2.39. The predicted octanol–water partition coefficient (Wildman–Crippen LogP) is 5.06. The summed E-state index contributed by atoms with van der Waals surface area (Å²) < 4.78 is 12.6. The second-order valence-corrected chi connectivity index (χ2v) is 8.03. The highest BCUT2D eigenvalue weighted by atomic mass is 16.5. The number of hydrogen-bond acceptors (Lipinski definition) is 5. The number of pyridine rings is 1. The Morgan fingerprint density at radius 3 is 2.47 bits per heavy atom. The molecule has 0 saturated heterocycles. The van der Waals surface area contributed by atoms with Crippen molar-refractivity contribution in [2.24, 2.45) is 5.73 Å². The van der Waals surface area contributed by atoms with Gasteiger partial charge >= 0.3 is 0 Å². The number of ketones is 1. The number of carbonyl (C=O) groups excluding carboxylic acids is 2. The summed E-state index contributed by atoms with van der Waals surface area (Å²) >= 11 is 0. The van der Waals surface area contributed by atoms with Crippen LogP contribution < -0.4 is 15.2 Å². The van der Waals surface area contributed by atoms with E-state index in [1.165, 1.54) is 0 Å². The second kappa shape index (κ2) is 9.19. The van der Waals surface area contributed by atoms with Crippen molar-refractivity contribution in [3.05, 3.63) is 125 Å². The molecule has 0 spiro atoms. The number of aromatic nitrogens is 1. The lowest BCUT2D eigenvalue weighted by atomic mass is 9.95. The average molecular weight is 450 g/mol. The van der Waals surface area contributed by atoms with Gasteiger partial charge in [-0.3, -0.25) is 14.6 Å². The van der Waals surface area contributed by atoms with E-state index in [4.69, 9.17) is 15.2 Å². The normalized spacial score (nSPS) is 15.6. The lowest BCUT2D eigenvalue weighted by Gasteiger charge is -2.27. The molecule has 4 aromatic rings. The van der Waals surface area contributed by atoms with Crippen molar-refractivity contribution in [3.63, 3.8) is 0 Å². The molecule has 0 unspecified atom stereocenters. The van der Waals surface area contributed by atoms with Crippen molar-refractivity contribution in [3.8, 4) is 11.5 Å². The summed E-state index contributed by atoms with van der Waals surface area (Å²) in [6, 6.07) is 25.6. The summed E-state index contributed by atoms with van der Waals surface area (Å²) in [7, 11) is 0. The molecule has 5 rings (SSSR count). The Balaban J connectivity index is 1.51. The molecule has 2 atom stereocenters. The maximum absolute atomic E-state index is 12.8. The predicted molar refractivity (Wildman–Crippen MR) is 127 cm³/mol. The van der Waals surface area contributed by atoms with Gasteiger partial charge < -0.3 is 15.2 Å². The fourth-order valence-electron chi connectivity index (χ4n) is 4.17. The standard InChI is InChI=1S/C28H22N2O4/c29-28(32)22-9-5-4-8-21(22)27(19-12-14-30-15-13-19)33-20-10-11-23-24(31)17-25(34-26(23)16-20)18-6-2-1-3-7-18/h1-16,25,27H,17H2,(H2,29,32)/t25-,27+/m1/s1. The van der Waals surface area contributed by atoms with Crippen molar-refractivity contribution >= 4 is 11.7 Å². The molecule has 34 heavy (non-hydrogen) atoms. The average Bonchev–Trinajstić information content (AvgIpc) is 2.88. The van der Waals surface area contributed by atoms with Crippen LogP contribution >= 0.6 is 0 Å². The largest absolute Gasteiger partial charge is 0.484 e. The molecule has 0 aliphatic carbocycles. The highest BCUT2D eigenvalue weighted by molar-refractivity contribution is 6.00. The Hall–Kier alpha value is -4.45. The third-order valence-corrected chi connectivity index (χ3v) is 5.84. The minimum absolute atomic E-state index is 0.0198. The first-order valence-corrected chi connectivity index (χ1v) is 10.9. The fraction of sp³-hybridized carbons (Fsp3) is 0.107. The maximum Gasteiger partial charge on any atom is 0.249 e. The number of ether oxygens (including phenoxy) is 2. The third-order valence-electron chi connectivity index (χ3n) is 5.84. The van der Waals surface area contributed by atoms with Gasteiger partial charge in [-0.25, -0.2) is 0 Å². The van der Waals surface area contributed by atoms with Gasteiger partial charge in [0.25, 0.3) is 0 Å². The number of nitrogens with zero attached hydrogens (tertiary/aromatic N) is 1.